The molecule has 7 heteroatoms. The van der Waals surface area contributed by atoms with Crippen molar-refractivity contribution in [1.82, 2.24) is 15.0 Å². The highest BCUT2D eigenvalue weighted by Crippen LogP contribution is 2.21. The van der Waals surface area contributed by atoms with E-state index in [1.807, 2.05) is 42.6 Å². The summed E-state index contributed by atoms with van der Waals surface area (Å²) in [6.45, 7) is 3.57. The number of nitrogens with zero attached hydrogens (tertiary/aromatic N) is 4. The minimum absolute atomic E-state index is 0.190. The summed E-state index contributed by atoms with van der Waals surface area (Å²) in [6, 6.07) is 19.8. The van der Waals surface area contributed by atoms with E-state index in [0.717, 1.165) is 42.9 Å². The summed E-state index contributed by atoms with van der Waals surface area (Å²) in [5.41, 5.74) is 2.76. The second kappa shape index (κ2) is 7.87. The van der Waals surface area contributed by atoms with Gasteiger partial charge in [-0.2, -0.15) is 0 Å². The lowest BCUT2D eigenvalue weighted by molar-refractivity contribution is 0.102. The molecule has 150 valence electrons. The van der Waals surface area contributed by atoms with Gasteiger partial charge in [-0.1, -0.05) is 24.3 Å². The number of carbonyl (C=O) groups is 1. The first-order valence-electron chi connectivity index (χ1n) is 10.0. The van der Waals surface area contributed by atoms with Crippen LogP contribution in [0.3, 0.4) is 0 Å². The van der Waals surface area contributed by atoms with Crippen LogP contribution in [-0.2, 0) is 0 Å². The average molecular weight is 398 g/mol. The highest BCUT2D eigenvalue weighted by molar-refractivity contribution is 6.05. The van der Waals surface area contributed by atoms with Gasteiger partial charge in [0.1, 0.15) is 18.0 Å². The van der Waals surface area contributed by atoms with Gasteiger partial charge in [0.05, 0.1) is 0 Å². The predicted molar refractivity (Wildman–Crippen MR) is 119 cm³/mol. The summed E-state index contributed by atoms with van der Waals surface area (Å²) in [5, 5.41) is 3.96. The van der Waals surface area contributed by atoms with Crippen molar-refractivity contribution in [3.05, 3.63) is 78.8 Å². The number of fused-ring (bicyclic) bond motifs is 1. The van der Waals surface area contributed by atoms with Crippen molar-refractivity contribution in [2.75, 3.05) is 41.3 Å². The highest BCUT2D eigenvalue weighted by atomic mass is 16.1. The number of aromatic nitrogens is 3. The second-order valence-corrected chi connectivity index (χ2v) is 7.30. The second-order valence-electron chi connectivity index (χ2n) is 7.30. The predicted octanol–water partition coefficient (Wildman–Crippen LogP) is 3.54. The van der Waals surface area contributed by atoms with E-state index >= 15 is 0 Å². The Bertz CT molecular complexity index is 1160. The third kappa shape index (κ3) is 3.69. The van der Waals surface area contributed by atoms with Gasteiger partial charge >= 0.3 is 0 Å². The van der Waals surface area contributed by atoms with E-state index in [1.165, 1.54) is 12.0 Å². The zero-order valence-electron chi connectivity index (χ0n) is 16.5. The molecule has 1 saturated heterocycles. The van der Waals surface area contributed by atoms with E-state index in [9.17, 15) is 4.79 Å². The minimum atomic E-state index is -0.190. The van der Waals surface area contributed by atoms with Crippen molar-refractivity contribution in [1.29, 1.82) is 0 Å². The Kier molecular flexibility index (Phi) is 4.77. The van der Waals surface area contributed by atoms with Crippen molar-refractivity contribution < 1.29 is 4.79 Å². The fourth-order valence-corrected chi connectivity index (χ4v) is 3.80. The number of aromatic amines is 1. The van der Waals surface area contributed by atoms with E-state index < -0.39 is 0 Å². The average Bonchev–Trinajstić information content (AvgIpc) is 3.28. The number of para-hydroxylation sites is 1. The van der Waals surface area contributed by atoms with Crippen LogP contribution < -0.4 is 15.1 Å². The van der Waals surface area contributed by atoms with Crippen LogP contribution in [-0.4, -0.2) is 47.0 Å². The molecule has 7 nitrogen and oxygen atoms in total. The molecule has 3 heterocycles. The summed E-state index contributed by atoms with van der Waals surface area (Å²) >= 11 is 0. The van der Waals surface area contributed by atoms with Crippen molar-refractivity contribution in [3.8, 4) is 0 Å². The monoisotopic (exact) mass is 398 g/mol. The van der Waals surface area contributed by atoms with Gasteiger partial charge in [-0.3, -0.25) is 4.79 Å². The van der Waals surface area contributed by atoms with E-state index in [2.05, 4.69) is 54.3 Å². The quantitative estimate of drug-likeness (QED) is 0.550. The number of carbonyl (C=O) groups excluding carboxylic acids is 1. The number of anilines is 3. The molecule has 4 aromatic rings. The minimum Gasteiger partial charge on any atom is -0.368 e. The third-order valence-electron chi connectivity index (χ3n) is 5.44. The molecule has 0 radical (unpaired) electrons. The van der Waals surface area contributed by atoms with Crippen LogP contribution in [0.25, 0.3) is 10.9 Å². The molecule has 1 aliphatic rings. The third-order valence-corrected chi connectivity index (χ3v) is 5.44. The van der Waals surface area contributed by atoms with Gasteiger partial charge in [0.15, 0.2) is 0 Å². The number of hydrogen-bond acceptors (Lipinski definition) is 5. The molecule has 0 unspecified atom stereocenters. The maximum atomic E-state index is 12.7. The summed E-state index contributed by atoms with van der Waals surface area (Å²) in [7, 11) is 0. The Morgan fingerprint density at radius 3 is 2.53 bits per heavy atom. The number of nitrogens with one attached hydrogen (secondary N) is 2. The SMILES string of the molecule is O=C(Nc1cc(N2CCN(c3ccccc3)CC2)ncn1)c1ccc2cc[nH]c2c1. The standard InChI is InChI=1S/C23H22N6O/c30-23(18-7-6-17-8-9-24-20(17)14-18)27-21-15-22(26-16-25-21)29-12-10-28(11-13-29)19-4-2-1-3-5-19/h1-9,14-16,24H,10-13H2,(H,25,26,27,30). The van der Waals surface area contributed by atoms with Crippen molar-refractivity contribution in [2.24, 2.45) is 0 Å². The zero-order chi connectivity index (χ0) is 20.3. The lowest BCUT2D eigenvalue weighted by atomic mass is 10.1. The van der Waals surface area contributed by atoms with Gasteiger partial charge in [-0.05, 0) is 35.7 Å². The van der Waals surface area contributed by atoms with Crippen LogP contribution in [0.4, 0.5) is 17.3 Å². The lowest BCUT2D eigenvalue weighted by Gasteiger charge is -2.36. The van der Waals surface area contributed by atoms with E-state index in [1.54, 1.807) is 0 Å². The molecule has 2 N–H and O–H groups in total. The Balaban J connectivity index is 1.26. The first-order valence-corrected chi connectivity index (χ1v) is 10.0. The van der Waals surface area contributed by atoms with E-state index in [-0.39, 0.29) is 5.91 Å². The maximum Gasteiger partial charge on any atom is 0.256 e. The van der Waals surface area contributed by atoms with Crippen LogP contribution in [0.1, 0.15) is 10.4 Å². The largest absolute Gasteiger partial charge is 0.368 e. The fraction of sp³-hybridized carbons (Fsp3) is 0.174. The van der Waals surface area contributed by atoms with E-state index in [4.69, 9.17) is 0 Å². The molecule has 2 aromatic heterocycles. The van der Waals surface area contributed by atoms with Gasteiger partial charge < -0.3 is 20.1 Å². The molecule has 5 rings (SSSR count). The van der Waals surface area contributed by atoms with Crippen LogP contribution in [0.2, 0.25) is 0 Å². The van der Waals surface area contributed by atoms with Gasteiger partial charge in [-0.25, -0.2) is 9.97 Å². The molecule has 0 bridgehead atoms. The highest BCUT2D eigenvalue weighted by Gasteiger charge is 2.19. The fourth-order valence-electron chi connectivity index (χ4n) is 3.80. The molecule has 0 aliphatic carbocycles. The van der Waals surface area contributed by atoms with Gasteiger partial charge in [0.25, 0.3) is 5.91 Å². The molecule has 2 aromatic carbocycles. The normalized spacial score (nSPS) is 14.1. The molecule has 1 aliphatic heterocycles. The van der Waals surface area contributed by atoms with Crippen LogP contribution in [0, 0.1) is 0 Å². The Morgan fingerprint density at radius 2 is 1.70 bits per heavy atom. The number of benzene rings is 2. The molecular weight excluding hydrogens is 376 g/mol. The van der Waals surface area contributed by atoms with Crippen molar-refractivity contribution in [2.45, 2.75) is 0 Å². The van der Waals surface area contributed by atoms with Gasteiger partial charge in [0, 0.05) is 55.2 Å². The molecule has 1 amide bonds. The molecule has 30 heavy (non-hydrogen) atoms. The Morgan fingerprint density at radius 1 is 0.900 bits per heavy atom. The molecule has 0 atom stereocenters. The lowest BCUT2D eigenvalue weighted by Crippen LogP contribution is -2.46. The number of amides is 1. The van der Waals surface area contributed by atoms with Crippen LogP contribution in [0.15, 0.2) is 73.2 Å². The zero-order valence-corrected chi connectivity index (χ0v) is 16.5. The van der Waals surface area contributed by atoms with E-state index in [0.29, 0.717) is 11.4 Å². The molecule has 0 saturated carbocycles. The van der Waals surface area contributed by atoms with Crippen LogP contribution >= 0.6 is 0 Å². The first-order chi connectivity index (χ1) is 14.8. The smallest absolute Gasteiger partial charge is 0.256 e. The Hall–Kier alpha value is -3.87. The maximum absolute atomic E-state index is 12.7. The number of piperazine rings is 1. The summed E-state index contributed by atoms with van der Waals surface area (Å²) in [5.74, 6) is 1.14. The number of H-pyrrole nitrogens is 1. The number of hydrogen-bond donors (Lipinski definition) is 2. The summed E-state index contributed by atoms with van der Waals surface area (Å²) < 4.78 is 0. The van der Waals surface area contributed by atoms with Crippen molar-refractivity contribution in [3.63, 3.8) is 0 Å². The van der Waals surface area contributed by atoms with Crippen molar-refractivity contribution >= 4 is 34.1 Å². The first kappa shape index (κ1) is 18.2. The number of rotatable bonds is 4. The van der Waals surface area contributed by atoms with Gasteiger partial charge in [-0.15, -0.1) is 0 Å². The topological polar surface area (TPSA) is 77.2 Å². The summed E-state index contributed by atoms with van der Waals surface area (Å²) in [6.07, 6.45) is 3.36. The Labute approximate surface area is 174 Å². The molecular formula is C23H22N6O. The molecule has 0 spiro atoms. The van der Waals surface area contributed by atoms with Crippen LogP contribution in [0.5, 0.6) is 0 Å². The summed E-state index contributed by atoms with van der Waals surface area (Å²) in [4.78, 5) is 29.0. The molecule has 1 fully saturated rings. The van der Waals surface area contributed by atoms with Gasteiger partial charge in [0.2, 0.25) is 0 Å².